The second-order valence-electron chi connectivity index (χ2n) is 5.71. The zero-order valence-corrected chi connectivity index (χ0v) is 15.4. The summed E-state index contributed by atoms with van der Waals surface area (Å²) in [4.78, 5) is 24.6. The van der Waals surface area contributed by atoms with Gasteiger partial charge in [0.25, 0.3) is 5.91 Å². The quantitative estimate of drug-likeness (QED) is 0.764. The molecule has 0 aliphatic rings. The van der Waals surface area contributed by atoms with Gasteiger partial charge in [0.05, 0.1) is 5.56 Å². The molecule has 0 radical (unpaired) electrons. The number of halogens is 1. The number of nitrogens with one attached hydrogen (secondary N) is 1. The minimum absolute atomic E-state index is 0.315. The van der Waals surface area contributed by atoms with Crippen molar-refractivity contribution in [3.05, 3.63) is 64.2 Å². The molecule has 0 bridgehead atoms. The summed E-state index contributed by atoms with van der Waals surface area (Å²) in [6.45, 7) is 5.62. The first kappa shape index (κ1) is 19.0. The fraction of sp³-hybridized carbons (Fsp3) is 0.300. The number of aryl methyl sites for hydroxylation is 2. The predicted molar refractivity (Wildman–Crippen MR) is 100 cm³/mol. The molecule has 25 heavy (non-hydrogen) atoms. The second-order valence-corrected chi connectivity index (χ2v) is 6.14. The maximum absolute atomic E-state index is 12.5. The largest absolute Gasteiger partial charge is 0.449 e. The highest BCUT2D eigenvalue weighted by atomic mass is 35.5. The van der Waals surface area contributed by atoms with Crippen LogP contribution in [0.5, 0.6) is 0 Å². The van der Waals surface area contributed by atoms with E-state index in [2.05, 4.69) is 5.32 Å². The Morgan fingerprint density at radius 1 is 1.08 bits per heavy atom. The molecule has 0 heterocycles. The monoisotopic (exact) mass is 359 g/mol. The van der Waals surface area contributed by atoms with Crippen molar-refractivity contribution in [3.63, 3.8) is 0 Å². The van der Waals surface area contributed by atoms with Crippen molar-refractivity contribution < 1.29 is 14.3 Å². The number of para-hydroxylation sites is 1. The molecule has 4 nitrogen and oxygen atoms in total. The van der Waals surface area contributed by atoms with Crippen LogP contribution in [0.4, 0.5) is 5.69 Å². The Labute approximate surface area is 153 Å². The zero-order valence-electron chi connectivity index (χ0n) is 14.6. The van der Waals surface area contributed by atoms with Crippen LogP contribution in [0.3, 0.4) is 0 Å². The summed E-state index contributed by atoms with van der Waals surface area (Å²) >= 11 is 5.88. The average molecular weight is 360 g/mol. The summed E-state index contributed by atoms with van der Waals surface area (Å²) in [6.07, 6.45) is 0.696. The normalized spacial score (nSPS) is 11.7. The SMILES string of the molecule is CCc1cccc(CC)c1NC(=O)[C@H](C)OC(=O)c1cccc(Cl)c1. The van der Waals surface area contributed by atoms with Crippen LogP contribution < -0.4 is 5.32 Å². The van der Waals surface area contributed by atoms with Gasteiger partial charge in [-0.15, -0.1) is 0 Å². The maximum Gasteiger partial charge on any atom is 0.338 e. The minimum atomic E-state index is -0.916. The van der Waals surface area contributed by atoms with Gasteiger partial charge in [-0.2, -0.15) is 0 Å². The molecule has 0 aliphatic carbocycles. The van der Waals surface area contributed by atoms with E-state index in [0.29, 0.717) is 10.6 Å². The van der Waals surface area contributed by atoms with Gasteiger partial charge in [-0.1, -0.05) is 49.7 Å². The van der Waals surface area contributed by atoms with Crippen molar-refractivity contribution in [1.29, 1.82) is 0 Å². The van der Waals surface area contributed by atoms with Crippen molar-refractivity contribution in [2.45, 2.75) is 39.7 Å². The molecule has 2 aromatic carbocycles. The molecular weight excluding hydrogens is 338 g/mol. The molecule has 2 rings (SSSR count). The number of carbonyl (C=O) groups is 2. The Hall–Kier alpha value is -2.33. The van der Waals surface area contributed by atoms with Crippen LogP contribution in [0.25, 0.3) is 0 Å². The van der Waals surface area contributed by atoms with Gasteiger partial charge < -0.3 is 10.1 Å². The van der Waals surface area contributed by atoms with Crippen LogP contribution in [-0.4, -0.2) is 18.0 Å². The lowest BCUT2D eigenvalue weighted by atomic mass is 10.0. The third kappa shape index (κ3) is 4.83. The summed E-state index contributed by atoms with van der Waals surface area (Å²) < 4.78 is 5.26. The van der Waals surface area contributed by atoms with E-state index < -0.39 is 12.1 Å². The van der Waals surface area contributed by atoms with Gasteiger partial charge in [-0.25, -0.2) is 4.79 Å². The fourth-order valence-electron chi connectivity index (χ4n) is 2.53. The number of carbonyl (C=O) groups excluding carboxylic acids is 2. The van der Waals surface area contributed by atoms with Gasteiger partial charge in [0, 0.05) is 10.7 Å². The first-order valence-corrected chi connectivity index (χ1v) is 8.72. The molecule has 1 amide bonds. The van der Waals surface area contributed by atoms with E-state index in [9.17, 15) is 9.59 Å². The van der Waals surface area contributed by atoms with Crippen molar-refractivity contribution in [3.8, 4) is 0 Å². The van der Waals surface area contributed by atoms with Gasteiger partial charge in [-0.3, -0.25) is 4.79 Å². The average Bonchev–Trinajstić information content (AvgIpc) is 2.61. The molecule has 0 unspecified atom stereocenters. The van der Waals surface area contributed by atoms with Crippen LogP contribution in [0.15, 0.2) is 42.5 Å². The highest BCUT2D eigenvalue weighted by Gasteiger charge is 2.20. The zero-order chi connectivity index (χ0) is 18.4. The van der Waals surface area contributed by atoms with Crippen LogP contribution in [0.1, 0.15) is 42.3 Å². The van der Waals surface area contributed by atoms with Crippen LogP contribution in [0.2, 0.25) is 5.02 Å². The molecule has 0 aliphatic heterocycles. The molecule has 0 saturated carbocycles. The van der Waals surface area contributed by atoms with Crippen LogP contribution in [-0.2, 0) is 22.4 Å². The van der Waals surface area contributed by atoms with E-state index in [1.54, 1.807) is 25.1 Å². The Morgan fingerprint density at radius 2 is 1.68 bits per heavy atom. The summed E-state index contributed by atoms with van der Waals surface area (Å²) in [6, 6.07) is 12.4. The molecular formula is C20H22ClNO3. The van der Waals surface area contributed by atoms with E-state index in [1.807, 2.05) is 32.0 Å². The summed E-state index contributed by atoms with van der Waals surface area (Å²) in [5.41, 5.74) is 3.24. The minimum Gasteiger partial charge on any atom is -0.449 e. The van der Waals surface area contributed by atoms with E-state index in [1.165, 1.54) is 6.07 Å². The second kappa shape index (κ2) is 8.67. The van der Waals surface area contributed by atoms with Crippen molar-refractivity contribution >= 4 is 29.2 Å². The molecule has 0 fully saturated rings. The smallest absolute Gasteiger partial charge is 0.338 e. The van der Waals surface area contributed by atoms with Gasteiger partial charge in [0.15, 0.2) is 6.10 Å². The van der Waals surface area contributed by atoms with E-state index in [4.69, 9.17) is 16.3 Å². The summed E-state index contributed by atoms with van der Waals surface area (Å²) in [7, 11) is 0. The summed E-state index contributed by atoms with van der Waals surface area (Å²) in [5, 5.41) is 3.35. The number of hydrogen-bond donors (Lipinski definition) is 1. The lowest BCUT2D eigenvalue weighted by Crippen LogP contribution is -2.30. The molecule has 132 valence electrons. The van der Waals surface area contributed by atoms with E-state index in [-0.39, 0.29) is 5.91 Å². The van der Waals surface area contributed by atoms with E-state index >= 15 is 0 Å². The molecule has 0 aromatic heterocycles. The van der Waals surface area contributed by atoms with Gasteiger partial charge >= 0.3 is 5.97 Å². The predicted octanol–water partition coefficient (Wildman–Crippen LogP) is 4.65. The first-order chi connectivity index (χ1) is 12.0. The standard InChI is InChI=1S/C20H22ClNO3/c1-4-14-8-6-9-15(5-2)18(14)22-19(23)13(3)25-20(24)16-10-7-11-17(21)12-16/h6-13H,4-5H2,1-3H3,(H,22,23)/t13-/m0/s1. The number of esters is 1. The highest BCUT2D eigenvalue weighted by Crippen LogP contribution is 2.23. The Balaban J connectivity index is 2.10. The Morgan fingerprint density at radius 3 is 2.24 bits per heavy atom. The van der Waals surface area contributed by atoms with Crippen molar-refractivity contribution in [2.75, 3.05) is 5.32 Å². The number of rotatable bonds is 6. The number of benzene rings is 2. The number of ether oxygens (including phenoxy) is 1. The lowest BCUT2D eigenvalue weighted by molar-refractivity contribution is -0.123. The van der Waals surface area contributed by atoms with Gasteiger partial charge in [0.1, 0.15) is 0 Å². The van der Waals surface area contributed by atoms with Crippen LogP contribution in [0, 0.1) is 0 Å². The molecule has 0 saturated heterocycles. The maximum atomic E-state index is 12.5. The first-order valence-electron chi connectivity index (χ1n) is 8.34. The Bertz CT molecular complexity index is 751. The number of anilines is 1. The topological polar surface area (TPSA) is 55.4 Å². The van der Waals surface area contributed by atoms with Crippen molar-refractivity contribution in [1.82, 2.24) is 0 Å². The third-order valence-corrected chi connectivity index (χ3v) is 4.20. The number of amides is 1. The van der Waals surface area contributed by atoms with Crippen molar-refractivity contribution in [2.24, 2.45) is 0 Å². The third-order valence-electron chi connectivity index (χ3n) is 3.96. The van der Waals surface area contributed by atoms with Gasteiger partial charge in [0.2, 0.25) is 0 Å². The Kier molecular flexibility index (Phi) is 6.59. The highest BCUT2D eigenvalue weighted by molar-refractivity contribution is 6.30. The molecule has 1 N–H and O–H groups in total. The molecule has 0 spiro atoms. The molecule has 2 aromatic rings. The van der Waals surface area contributed by atoms with Gasteiger partial charge in [-0.05, 0) is 49.1 Å². The molecule has 5 heteroatoms. The molecule has 1 atom stereocenters. The number of hydrogen-bond acceptors (Lipinski definition) is 3. The summed E-state index contributed by atoms with van der Waals surface area (Å²) in [5.74, 6) is -0.935. The van der Waals surface area contributed by atoms with E-state index in [0.717, 1.165) is 29.7 Å². The van der Waals surface area contributed by atoms with Crippen LogP contribution >= 0.6 is 11.6 Å². The lowest BCUT2D eigenvalue weighted by Gasteiger charge is -2.18. The fourth-order valence-corrected chi connectivity index (χ4v) is 2.72.